The normalized spacial score (nSPS) is 18.8. The highest BCUT2D eigenvalue weighted by Gasteiger charge is 2.13. The third kappa shape index (κ3) is 2.87. The van der Waals surface area contributed by atoms with Crippen molar-refractivity contribution in [2.45, 2.75) is 25.4 Å². The molecule has 1 atom stereocenters. The van der Waals surface area contributed by atoms with E-state index >= 15 is 0 Å². The summed E-state index contributed by atoms with van der Waals surface area (Å²) >= 11 is 0. The molecule has 0 N–H and O–H groups in total. The lowest BCUT2D eigenvalue weighted by atomic mass is 10.1. The van der Waals surface area contributed by atoms with Gasteiger partial charge in [0, 0.05) is 5.56 Å². The second kappa shape index (κ2) is 5.53. The second-order valence-corrected chi connectivity index (χ2v) is 4.04. The number of benzene rings is 1. The topological polar surface area (TPSA) is 35.5 Å². The number of aldehydes is 1. The van der Waals surface area contributed by atoms with Gasteiger partial charge in [-0.15, -0.1) is 0 Å². The molecule has 0 aliphatic heterocycles. The zero-order chi connectivity index (χ0) is 12.1. The molecule has 1 unspecified atom stereocenters. The lowest BCUT2D eigenvalue weighted by Gasteiger charge is -2.20. The Balaban J connectivity index is 2.16. The zero-order valence-electron chi connectivity index (χ0n) is 9.89. The quantitative estimate of drug-likeness (QED) is 0.591. The van der Waals surface area contributed by atoms with Crippen molar-refractivity contribution in [1.29, 1.82) is 0 Å². The standard InChI is InChI=1S/C14H16O3/c1-16-14-9-11(10-15)7-8-13(14)17-12-5-3-2-4-6-12/h3,5,7-10,12H,2,4,6H2,1H3. The molecule has 1 aromatic rings. The molecule has 3 nitrogen and oxygen atoms in total. The van der Waals surface area contributed by atoms with Crippen LogP contribution >= 0.6 is 0 Å². The van der Waals surface area contributed by atoms with Crippen molar-refractivity contribution in [3.63, 3.8) is 0 Å². The van der Waals surface area contributed by atoms with Crippen molar-refractivity contribution in [1.82, 2.24) is 0 Å². The highest BCUT2D eigenvalue weighted by atomic mass is 16.5. The van der Waals surface area contributed by atoms with Crippen molar-refractivity contribution in [3.05, 3.63) is 35.9 Å². The Morgan fingerprint density at radius 1 is 1.35 bits per heavy atom. The van der Waals surface area contributed by atoms with Gasteiger partial charge >= 0.3 is 0 Å². The number of rotatable bonds is 4. The van der Waals surface area contributed by atoms with Crippen molar-refractivity contribution < 1.29 is 14.3 Å². The van der Waals surface area contributed by atoms with Gasteiger partial charge in [-0.05, 0) is 43.5 Å². The molecular formula is C14H16O3. The summed E-state index contributed by atoms with van der Waals surface area (Å²) < 4.78 is 11.1. The monoisotopic (exact) mass is 232 g/mol. The van der Waals surface area contributed by atoms with Gasteiger partial charge in [-0.1, -0.05) is 6.08 Å². The number of carbonyl (C=O) groups excluding carboxylic acids is 1. The molecule has 1 aromatic carbocycles. The fourth-order valence-corrected chi connectivity index (χ4v) is 1.90. The average Bonchev–Trinajstić information content (AvgIpc) is 2.40. The number of carbonyl (C=O) groups is 1. The molecule has 90 valence electrons. The minimum absolute atomic E-state index is 0.111. The van der Waals surface area contributed by atoms with Crippen LogP contribution in [0.2, 0.25) is 0 Å². The van der Waals surface area contributed by atoms with Gasteiger partial charge in [-0.2, -0.15) is 0 Å². The van der Waals surface area contributed by atoms with Gasteiger partial charge in [0.15, 0.2) is 11.5 Å². The lowest BCUT2D eigenvalue weighted by molar-refractivity contribution is 0.112. The van der Waals surface area contributed by atoms with E-state index in [9.17, 15) is 4.79 Å². The average molecular weight is 232 g/mol. The molecule has 0 radical (unpaired) electrons. The van der Waals surface area contributed by atoms with Gasteiger partial charge in [0.25, 0.3) is 0 Å². The minimum atomic E-state index is 0.111. The Morgan fingerprint density at radius 3 is 2.88 bits per heavy atom. The summed E-state index contributed by atoms with van der Waals surface area (Å²) in [5.74, 6) is 1.29. The molecule has 1 aliphatic rings. The Bertz CT molecular complexity index is 423. The predicted molar refractivity (Wildman–Crippen MR) is 65.8 cm³/mol. The fourth-order valence-electron chi connectivity index (χ4n) is 1.90. The summed E-state index contributed by atoms with van der Waals surface area (Å²) in [5, 5.41) is 0. The van der Waals surface area contributed by atoms with Crippen LogP contribution in [0.3, 0.4) is 0 Å². The van der Waals surface area contributed by atoms with Crippen LogP contribution in [0.25, 0.3) is 0 Å². The maximum absolute atomic E-state index is 10.7. The molecular weight excluding hydrogens is 216 g/mol. The first-order valence-corrected chi connectivity index (χ1v) is 5.80. The van der Waals surface area contributed by atoms with E-state index in [1.54, 1.807) is 25.3 Å². The van der Waals surface area contributed by atoms with Crippen LogP contribution < -0.4 is 9.47 Å². The molecule has 17 heavy (non-hydrogen) atoms. The Kier molecular flexibility index (Phi) is 3.81. The van der Waals surface area contributed by atoms with Crippen molar-refractivity contribution in [2.24, 2.45) is 0 Å². The Morgan fingerprint density at radius 2 is 2.24 bits per heavy atom. The van der Waals surface area contributed by atoms with E-state index in [1.165, 1.54) is 0 Å². The predicted octanol–water partition coefficient (Wildman–Crippen LogP) is 3.00. The van der Waals surface area contributed by atoms with E-state index in [1.807, 2.05) is 0 Å². The van der Waals surface area contributed by atoms with E-state index < -0.39 is 0 Å². The summed E-state index contributed by atoms with van der Waals surface area (Å²) in [7, 11) is 1.58. The minimum Gasteiger partial charge on any atom is -0.493 e. The molecule has 0 aromatic heterocycles. The fraction of sp³-hybridized carbons (Fsp3) is 0.357. The van der Waals surface area contributed by atoms with Crippen LogP contribution in [0.4, 0.5) is 0 Å². The SMILES string of the molecule is COc1cc(C=O)ccc1OC1C=CCCC1. The summed E-state index contributed by atoms with van der Waals surface area (Å²) in [4.78, 5) is 10.7. The highest BCUT2D eigenvalue weighted by Crippen LogP contribution is 2.30. The largest absolute Gasteiger partial charge is 0.493 e. The zero-order valence-corrected chi connectivity index (χ0v) is 9.89. The van der Waals surface area contributed by atoms with Crippen molar-refractivity contribution in [2.75, 3.05) is 7.11 Å². The number of hydrogen-bond acceptors (Lipinski definition) is 3. The number of hydrogen-bond donors (Lipinski definition) is 0. The van der Waals surface area contributed by atoms with E-state index in [2.05, 4.69) is 12.2 Å². The van der Waals surface area contributed by atoms with Crippen LogP contribution in [-0.2, 0) is 0 Å². The third-order valence-electron chi connectivity index (χ3n) is 2.81. The van der Waals surface area contributed by atoms with Gasteiger partial charge in [0.1, 0.15) is 12.4 Å². The summed E-state index contributed by atoms with van der Waals surface area (Å²) in [6.45, 7) is 0. The van der Waals surface area contributed by atoms with Crippen molar-refractivity contribution in [3.8, 4) is 11.5 Å². The van der Waals surface area contributed by atoms with E-state index in [4.69, 9.17) is 9.47 Å². The lowest BCUT2D eigenvalue weighted by Crippen LogP contribution is -2.16. The van der Waals surface area contributed by atoms with Gasteiger partial charge in [-0.3, -0.25) is 4.79 Å². The number of methoxy groups -OCH3 is 1. The van der Waals surface area contributed by atoms with E-state index in [0.29, 0.717) is 17.1 Å². The summed E-state index contributed by atoms with van der Waals surface area (Å²) in [6, 6.07) is 5.21. The van der Waals surface area contributed by atoms with Crippen LogP contribution in [0.15, 0.2) is 30.4 Å². The van der Waals surface area contributed by atoms with Crippen molar-refractivity contribution >= 4 is 6.29 Å². The van der Waals surface area contributed by atoms with Crippen LogP contribution in [0.1, 0.15) is 29.6 Å². The molecule has 0 fully saturated rings. The molecule has 1 aliphatic carbocycles. The Hall–Kier alpha value is -1.77. The van der Waals surface area contributed by atoms with E-state index in [0.717, 1.165) is 25.5 Å². The molecule has 0 heterocycles. The van der Waals surface area contributed by atoms with Gasteiger partial charge in [0.05, 0.1) is 7.11 Å². The molecule has 0 spiro atoms. The first-order chi connectivity index (χ1) is 8.33. The Labute approximate surface area is 101 Å². The molecule has 2 rings (SSSR count). The smallest absolute Gasteiger partial charge is 0.162 e. The number of allylic oxidation sites excluding steroid dienone is 1. The first kappa shape index (κ1) is 11.7. The maximum Gasteiger partial charge on any atom is 0.162 e. The van der Waals surface area contributed by atoms with Crippen LogP contribution in [0.5, 0.6) is 11.5 Å². The first-order valence-electron chi connectivity index (χ1n) is 5.80. The summed E-state index contributed by atoms with van der Waals surface area (Å²) in [6.07, 6.45) is 8.43. The van der Waals surface area contributed by atoms with Crippen LogP contribution in [-0.4, -0.2) is 19.5 Å². The second-order valence-electron chi connectivity index (χ2n) is 4.04. The highest BCUT2D eigenvalue weighted by molar-refractivity contribution is 5.76. The number of ether oxygens (including phenoxy) is 2. The molecule has 0 bridgehead atoms. The molecule has 0 amide bonds. The maximum atomic E-state index is 10.7. The van der Waals surface area contributed by atoms with E-state index in [-0.39, 0.29) is 6.10 Å². The third-order valence-corrected chi connectivity index (χ3v) is 2.81. The van der Waals surface area contributed by atoms with Gasteiger partial charge < -0.3 is 9.47 Å². The summed E-state index contributed by atoms with van der Waals surface area (Å²) in [5.41, 5.74) is 0.591. The van der Waals surface area contributed by atoms with Gasteiger partial charge in [0.2, 0.25) is 0 Å². The molecule has 0 saturated carbocycles. The van der Waals surface area contributed by atoms with Gasteiger partial charge in [-0.25, -0.2) is 0 Å². The molecule has 0 saturated heterocycles. The van der Waals surface area contributed by atoms with Crippen LogP contribution in [0, 0.1) is 0 Å². The molecule has 3 heteroatoms.